The predicted octanol–water partition coefficient (Wildman–Crippen LogP) is 1.42. The molecule has 0 heterocycles. The highest BCUT2D eigenvalue weighted by Crippen LogP contribution is 2.06. The average Bonchev–Trinajstić information content (AvgIpc) is 2.26. The minimum atomic E-state index is 0.0562. The zero-order chi connectivity index (χ0) is 10.4. The lowest BCUT2D eigenvalue weighted by atomic mass is 10.1. The summed E-state index contributed by atoms with van der Waals surface area (Å²) < 4.78 is 5.44. The molecule has 0 aromatic heterocycles. The maximum atomic E-state index is 8.67. The first-order chi connectivity index (χ1) is 6.76. The van der Waals surface area contributed by atoms with E-state index < -0.39 is 0 Å². The van der Waals surface area contributed by atoms with Crippen molar-refractivity contribution in [2.45, 2.75) is 19.6 Å². The Bertz CT molecular complexity index is 330. The Morgan fingerprint density at radius 1 is 1.57 bits per heavy atom. The summed E-state index contributed by atoms with van der Waals surface area (Å²) in [4.78, 5) is 0. The molecule has 0 aliphatic heterocycles. The van der Waals surface area contributed by atoms with Crippen molar-refractivity contribution >= 4 is 0 Å². The van der Waals surface area contributed by atoms with Gasteiger partial charge in [-0.15, -0.1) is 0 Å². The standard InChI is InChI=1S/C11H14N2O/c1-9(6-12)14-8-11-4-2-3-10(5-11)7-13/h2-5,9H,6,8,12H2,1H3. The van der Waals surface area contributed by atoms with E-state index in [1.54, 1.807) is 6.07 Å². The number of nitrogens with two attached hydrogens (primary N) is 1. The molecule has 0 radical (unpaired) electrons. The van der Waals surface area contributed by atoms with Gasteiger partial charge in [-0.05, 0) is 24.6 Å². The van der Waals surface area contributed by atoms with Gasteiger partial charge in [-0.2, -0.15) is 5.26 Å². The van der Waals surface area contributed by atoms with Crippen molar-refractivity contribution in [3.8, 4) is 6.07 Å². The second-order valence-corrected chi connectivity index (χ2v) is 3.17. The topological polar surface area (TPSA) is 59.0 Å². The van der Waals surface area contributed by atoms with Crippen LogP contribution in [0.15, 0.2) is 24.3 Å². The van der Waals surface area contributed by atoms with E-state index in [1.165, 1.54) is 0 Å². The van der Waals surface area contributed by atoms with E-state index in [4.69, 9.17) is 15.7 Å². The molecule has 0 amide bonds. The van der Waals surface area contributed by atoms with Gasteiger partial charge >= 0.3 is 0 Å². The monoisotopic (exact) mass is 190 g/mol. The van der Waals surface area contributed by atoms with Crippen molar-refractivity contribution in [1.82, 2.24) is 0 Å². The van der Waals surface area contributed by atoms with Gasteiger partial charge in [0.05, 0.1) is 24.3 Å². The lowest BCUT2D eigenvalue weighted by molar-refractivity contribution is 0.0590. The van der Waals surface area contributed by atoms with Gasteiger partial charge in [-0.25, -0.2) is 0 Å². The summed E-state index contributed by atoms with van der Waals surface area (Å²) in [5.74, 6) is 0. The summed E-state index contributed by atoms with van der Waals surface area (Å²) >= 11 is 0. The molecule has 0 fully saturated rings. The van der Waals surface area contributed by atoms with Crippen molar-refractivity contribution in [1.29, 1.82) is 5.26 Å². The summed E-state index contributed by atoms with van der Waals surface area (Å²) in [5.41, 5.74) is 7.08. The maximum absolute atomic E-state index is 8.67. The van der Waals surface area contributed by atoms with Crippen LogP contribution in [-0.4, -0.2) is 12.6 Å². The number of hydrogen-bond donors (Lipinski definition) is 1. The van der Waals surface area contributed by atoms with Crippen LogP contribution in [0, 0.1) is 11.3 Å². The van der Waals surface area contributed by atoms with Crippen LogP contribution in [0.5, 0.6) is 0 Å². The maximum Gasteiger partial charge on any atom is 0.0991 e. The van der Waals surface area contributed by atoms with Crippen molar-refractivity contribution < 1.29 is 4.74 Å². The van der Waals surface area contributed by atoms with Crippen LogP contribution in [-0.2, 0) is 11.3 Å². The fourth-order valence-electron chi connectivity index (χ4n) is 1.04. The van der Waals surface area contributed by atoms with Gasteiger partial charge in [0.25, 0.3) is 0 Å². The highest BCUT2D eigenvalue weighted by Gasteiger charge is 2.00. The Balaban J connectivity index is 2.55. The lowest BCUT2D eigenvalue weighted by Crippen LogP contribution is -2.19. The third kappa shape index (κ3) is 3.17. The van der Waals surface area contributed by atoms with E-state index in [0.29, 0.717) is 18.7 Å². The molecule has 2 N–H and O–H groups in total. The Morgan fingerprint density at radius 3 is 3.00 bits per heavy atom. The first-order valence-electron chi connectivity index (χ1n) is 4.57. The fourth-order valence-corrected chi connectivity index (χ4v) is 1.04. The van der Waals surface area contributed by atoms with Crippen molar-refractivity contribution in [2.24, 2.45) is 5.73 Å². The largest absolute Gasteiger partial charge is 0.373 e. The summed E-state index contributed by atoms with van der Waals surface area (Å²) in [6.07, 6.45) is 0.0562. The van der Waals surface area contributed by atoms with Crippen LogP contribution in [0.4, 0.5) is 0 Å². The van der Waals surface area contributed by atoms with Gasteiger partial charge < -0.3 is 10.5 Å². The summed E-state index contributed by atoms with van der Waals surface area (Å²) in [7, 11) is 0. The minimum Gasteiger partial charge on any atom is -0.373 e. The van der Waals surface area contributed by atoms with Crippen LogP contribution >= 0.6 is 0 Å². The Hall–Kier alpha value is -1.37. The molecule has 0 aliphatic rings. The number of nitriles is 1. The number of rotatable bonds is 4. The van der Waals surface area contributed by atoms with E-state index in [2.05, 4.69) is 6.07 Å². The summed E-state index contributed by atoms with van der Waals surface area (Å²) in [6.45, 7) is 2.94. The molecule has 1 atom stereocenters. The molecular weight excluding hydrogens is 176 g/mol. The molecule has 0 saturated carbocycles. The Morgan fingerprint density at radius 2 is 2.36 bits per heavy atom. The van der Waals surface area contributed by atoms with Crippen LogP contribution < -0.4 is 5.73 Å². The zero-order valence-electron chi connectivity index (χ0n) is 8.23. The molecule has 3 nitrogen and oxygen atoms in total. The Labute approximate surface area is 84.1 Å². The number of ether oxygens (including phenoxy) is 1. The number of benzene rings is 1. The average molecular weight is 190 g/mol. The molecule has 74 valence electrons. The molecule has 1 aromatic carbocycles. The summed E-state index contributed by atoms with van der Waals surface area (Å²) in [6, 6.07) is 9.47. The van der Waals surface area contributed by atoms with Crippen molar-refractivity contribution in [3.05, 3.63) is 35.4 Å². The second-order valence-electron chi connectivity index (χ2n) is 3.17. The lowest BCUT2D eigenvalue weighted by Gasteiger charge is -2.10. The molecule has 0 saturated heterocycles. The number of hydrogen-bond acceptors (Lipinski definition) is 3. The van der Waals surface area contributed by atoms with Gasteiger partial charge in [-0.1, -0.05) is 12.1 Å². The van der Waals surface area contributed by atoms with E-state index in [0.717, 1.165) is 5.56 Å². The van der Waals surface area contributed by atoms with E-state index in [9.17, 15) is 0 Å². The molecule has 1 rings (SSSR count). The normalized spacial score (nSPS) is 12.1. The highest BCUT2D eigenvalue weighted by atomic mass is 16.5. The summed E-state index contributed by atoms with van der Waals surface area (Å²) in [5, 5.41) is 8.67. The van der Waals surface area contributed by atoms with E-state index in [-0.39, 0.29) is 6.10 Å². The van der Waals surface area contributed by atoms with Crippen molar-refractivity contribution in [3.63, 3.8) is 0 Å². The van der Waals surface area contributed by atoms with E-state index >= 15 is 0 Å². The van der Waals surface area contributed by atoms with E-state index in [1.807, 2.05) is 25.1 Å². The van der Waals surface area contributed by atoms with Crippen LogP contribution in [0.2, 0.25) is 0 Å². The molecule has 14 heavy (non-hydrogen) atoms. The number of nitrogens with zero attached hydrogens (tertiary/aromatic N) is 1. The quantitative estimate of drug-likeness (QED) is 0.781. The van der Waals surface area contributed by atoms with Crippen LogP contribution in [0.3, 0.4) is 0 Å². The van der Waals surface area contributed by atoms with Crippen LogP contribution in [0.25, 0.3) is 0 Å². The first-order valence-corrected chi connectivity index (χ1v) is 4.57. The second kappa shape index (κ2) is 5.38. The highest BCUT2D eigenvalue weighted by molar-refractivity contribution is 5.32. The molecule has 3 heteroatoms. The fraction of sp³-hybridized carbons (Fsp3) is 0.364. The molecule has 1 aromatic rings. The van der Waals surface area contributed by atoms with Gasteiger partial charge in [-0.3, -0.25) is 0 Å². The Kier molecular flexibility index (Phi) is 4.11. The van der Waals surface area contributed by atoms with Gasteiger partial charge in [0.1, 0.15) is 0 Å². The third-order valence-electron chi connectivity index (χ3n) is 1.92. The van der Waals surface area contributed by atoms with Gasteiger partial charge in [0.15, 0.2) is 0 Å². The molecule has 0 bridgehead atoms. The van der Waals surface area contributed by atoms with Gasteiger partial charge in [0.2, 0.25) is 0 Å². The zero-order valence-corrected chi connectivity index (χ0v) is 8.23. The van der Waals surface area contributed by atoms with Crippen molar-refractivity contribution in [2.75, 3.05) is 6.54 Å². The smallest absolute Gasteiger partial charge is 0.0991 e. The molecule has 1 unspecified atom stereocenters. The minimum absolute atomic E-state index is 0.0562. The SMILES string of the molecule is CC(CN)OCc1cccc(C#N)c1. The van der Waals surface area contributed by atoms with Gasteiger partial charge in [0, 0.05) is 6.54 Å². The molecular formula is C11H14N2O. The molecule has 0 aliphatic carbocycles. The third-order valence-corrected chi connectivity index (χ3v) is 1.92. The van der Waals surface area contributed by atoms with Crippen LogP contribution in [0.1, 0.15) is 18.1 Å². The molecule has 0 spiro atoms. The first kappa shape index (κ1) is 10.7. The predicted molar refractivity (Wildman–Crippen MR) is 54.5 cm³/mol.